The van der Waals surface area contributed by atoms with E-state index in [1.165, 1.54) is 6.33 Å². The van der Waals surface area contributed by atoms with Crippen molar-refractivity contribution in [3.05, 3.63) is 24.3 Å². The van der Waals surface area contributed by atoms with Crippen molar-refractivity contribution in [2.45, 2.75) is 18.6 Å². The molecular formula is C8H11N3O. The van der Waals surface area contributed by atoms with Gasteiger partial charge in [0.1, 0.15) is 6.33 Å². The van der Waals surface area contributed by atoms with Crippen molar-refractivity contribution in [1.82, 2.24) is 9.97 Å². The maximum absolute atomic E-state index is 5.97. The van der Waals surface area contributed by atoms with E-state index in [1.807, 2.05) is 0 Å². The van der Waals surface area contributed by atoms with E-state index in [-0.39, 0.29) is 0 Å². The van der Waals surface area contributed by atoms with Crippen molar-refractivity contribution in [3.63, 3.8) is 0 Å². The molecule has 0 spiro atoms. The van der Waals surface area contributed by atoms with Crippen LogP contribution in [0, 0.1) is 0 Å². The second-order valence-corrected chi connectivity index (χ2v) is 2.94. The number of hydrogen-bond acceptors (Lipinski definition) is 4. The average Bonchev–Trinajstić information content (AvgIpc) is 2.55. The van der Waals surface area contributed by atoms with Gasteiger partial charge in [0.15, 0.2) is 5.72 Å². The second kappa shape index (κ2) is 2.80. The van der Waals surface area contributed by atoms with Crippen molar-refractivity contribution >= 4 is 0 Å². The highest BCUT2D eigenvalue weighted by Gasteiger charge is 2.33. The normalized spacial score (nSPS) is 29.1. The Hall–Kier alpha value is -1.00. The van der Waals surface area contributed by atoms with Crippen LogP contribution in [0.15, 0.2) is 18.6 Å². The van der Waals surface area contributed by atoms with E-state index in [0.717, 1.165) is 25.1 Å². The predicted molar refractivity (Wildman–Crippen MR) is 43.1 cm³/mol. The lowest BCUT2D eigenvalue weighted by atomic mass is 10.1. The van der Waals surface area contributed by atoms with Crippen molar-refractivity contribution in [2.24, 2.45) is 5.73 Å². The molecule has 4 nitrogen and oxygen atoms in total. The number of nitrogens with zero attached hydrogens (tertiary/aromatic N) is 2. The van der Waals surface area contributed by atoms with Crippen LogP contribution in [-0.2, 0) is 10.5 Å². The SMILES string of the molecule is NC1(c2ccncn2)CCCO1. The van der Waals surface area contributed by atoms with E-state index in [4.69, 9.17) is 10.5 Å². The zero-order valence-corrected chi connectivity index (χ0v) is 6.73. The number of rotatable bonds is 1. The van der Waals surface area contributed by atoms with E-state index in [2.05, 4.69) is 9.97 Å². The van der Waals surface area contributed by atoms with Crippen LogP contribution in [0.5, 0.6) is 0 Å². The molecule has 4 heteroatoms. The van der Waals surface area contributed by atoms with Crippen molar-refractivity contribution in [3.8, 4) is 0 Å². The molecule has 1 atom stereocenters. The van der Waals surface area contributed by atoms with Crippen LogP contribution in [0.3, 0.4) is 0 Å². The van der Waals surface area contributed by atoms with E-state index in [1.54, 1.807) is 12.3 Å². The molecule has 12 heavy (non-hydrogen) atoms. The summed E-state index contributed by atoms with van der Waals surface area (Å²) in [4.78, 5) is 7.90. The molecule has 2 rings (SSSR count). The second-order valence-electron chi connectivity index (χ2n) is 2.94. The molecule has 0 bridgehead atoms. The fourth-order valence-corrected chi connectivity index (χ4v) is 1.40. The molecule has 1 saturated heterocycles. The van der Waals surface area contributed by atoms with E-state index < -0.39 is 5.72 Å². The van der Waals surface area contributed by atoms with E-state index in [9.17, 15) is 0 Å². The van der Waals surface area contributed by atoms with Gasteiger partial charge in [-0.15, -0.1) is 0 Å². The first kappa shape index (κ1) is 7.64. The number of aromatic nitrogens is 2. The van der Waals surface area contributed by atoms with Crippen LogP contribution in [0.4, 0.5) is 0 Å². The van der Waals surface area contributed by atoms with Crippen molar-refractivity contribution in [2.75, 3.05) is 6.61 Å². The highest BCUT2D eigenvalue weighted by Crippen LogP contribution is 2.28. The molecule has 0 amide bonds. The number of ether oxygens (including phenoxy) is 1. The molecule has 0 radical (unpaired) electrons. The first-order chi connectivity index (χ1) is 5.81. The van der Waals surface area contributed by atoms with Gasteiger partial charge in [-0.3, -0.25) is 5.73 Å². The first-order valence-electron chi connectivity index (χ1n) is 4.01. The van der Waals surface area contributed by atoms with Gasteiger partial charge in [0.25, 0.3) is 0 Å². The van der Waals surface area contributed by atoms with Gasteiger partial charge in [0, 0.05) is 12.8 Å². The third kappa shape index (κ3) is 1.19. The van der Waals surface area contributed by atoms with Crippen LogP contribution in [0.2, 0.25) is 0 Å². The highest BCUT2D eigenvalue weighted by atomic mass is 16.5. The molecule has 1 unspecified atom stereocenters. The average molecular weight is 165 g/mol. The molecule has 1 aromatic rings. The molecule has 0 aliphatic carbocycles. The molecule has 1 aromatic heterocycles. The number of nitrogens with two attached hydrogens (primary N) is 1. The molecule has 64 valence electrons. The molecular weight excluding hydrogens is 154 g/mol. The third-order valence-corrected chi connectivity index (χ3v) is 2.07. The van der Waals surface area contributed by atoms with Crippen LogP contribution in [-0.4, -0.2) is 16.6 Å². The van der Waals surface area contributed by atoms with E-state index in [0.29, 0.717) is 0 Å². The van der Waals surface area contributed by atoms with Crippen LogP contribution in [0.1, 0.15) is 18.5 Å². The van der Waals surface area contributed by atoms with Crippen LogP contribution >= 0.6 is 0 Å². The lowest BCUT2D eigenvalue weighted by Crippen LogP contribution is -2.36. The Bertz CT molecular complexity index is 256. The maximum atomic E-state index is 5.97. The van der Waals surface area contributed by atoms with Gasteiger partial charge >= 0.3 is 0 Å². The monoisotopic (exact) mass is 165 g/mol. The van der Waals surface area contributed by atoms with Gasteiger partial charge in [-0.25, -0.2) is 9.97 Å². The minimum atomic E-state index is -0.664. The quantitative estimate of drug-likeness (QED) is 0.654. The molecule has 1 fully saturated rings. The van der Waals surface area contributed by atoms with Gasteiger partial charge in [0.2, 0.25) is 0 Å². The Morgan fingerprint density at radius 2 is 2.50 bits per heavy atom. The largest absolute Gasteiger partial charge is 0.355 e. The lowest BCUT2D eigenvalue weighted by Gasteiger charge is -2.21. The summed E-state index contributed by atoms with van der Waals surface area (Å²) in [7, 11) is 0. The fraction of sp³-hybridized carbons (Fsp3) is 0.500. The summed E-state index contributed by atoms with van der Waals surface area (Å²) < 4.78 is 5.41. The Morgan fingerprint density at radius 3 is 3.08 bits per heavy atom. The number of hydrogen-bond donors (Lipinski definition) is 1. The third-order valence-electron chi connectivity index (χ3n) is 2.07. The summed E-state index contributed by atoms with van der Waals surface area (Å²) in [5.41, 5.74) is 6.08. The minimum Gasteiger partial charge on any atom is -0.355 e. The minimum absolute atomic E-state index is 0.664. The Labute approximate surface area is 70.8 Å². The van der Waals surface area contributed by atoms with Gasteiger partial charge in [-0.2, -0.15) is 0 Å². The summed E-state index contributed by atoms with van der Waals surface area (Å²) in [6.45, 7) is 0.723. The molecule has 2 heterocycles. The first-order valence-corrected chi connectivity index (χ1v) is 4.01. The predicted octanol–water partition coefficient (Wildman–Crippen LogP) is 0.399. The summed E-state index contributed by atoms with van der Waals surface area (Å²) >= 11 is 0. The molecule has 0 aromatic carbocycles. The Kier molecular flexibility index (Phi) is 1.78. The zero-order valence-electron chi connectivity index (χ0n) is 6.73. The lowest BCUT2D eigenvalue weighted by molar-refractivity contribution is 0.00196. The summed E-state index contributed by atoms with van der Waals surface area (Å²) in [5.74, 6) is 0. The Morgan fingerprint density at radius 1 is 1.58 bits per heavy atom. The summed E-state index contributed by atoms with van der Waals surface area (Å²) in [6.07, 6.45) is 5.01. The van der Waals surface area contributed by atoms with Gasteiger partial charge in [-0.05, 0) is 18.9 Å². The molecule has 1 aliphatic heterocycles. The zero-order chi connectivity index (χ0) is 8.44. The maximum Gasteiger partial charge on any atom is 0.159 e. The van der Waals surface area contributed by atoms with Gasteiger partial charge in [0.05, 0.1) is 5.69 Å². The van der Waals surface area contributed by atoms with Crippen molar-refractivity contribution in [1.29, 1.82) is 0 Å². The summed E-state index contributed by atoms with van der Waals surface area (Å²) in [6, 6.07) is 1.80. The fourth-order valence-electron chi connectivity index (χ4n) is 1.40. The molecule has 1 aliphatic rings. The van der Waals surface area contributed by atoms with Crippen molar-refractivity contribution < 1.29 is 4.74 Å². The van der Waals surface area contributed by atoms with Gasteiger partial charge < -0.3 is 4.74 Å². The topological polar surface area (TPSA) is 61.0 Å². The molecule has 2 N–H and O–H groups in total. The highest BCUT2D eigenvalue weighted by molar-refractivity contribution is 5.09. The van der Waals surface area contributed by atoms with E-state index >= 15 is 0 Å². The smallest absolute Gasteiger partial charge is 0.159 e. The molecule has 0 saturated carbocycles. The van der Waals surface area contributed by atoms with Crippen LogP contribution in [0.25, 0.3) is 0 Å². The van der Waals surface area contributed by atoms with Gasteiger partial charge in [-0.1, -0.05) is 0 Å². The summed E-state index contributed by atoms with van der Waals surface area (Å²) in [5, 5.41) is 0. The standard InChI is InChI=1S/C8H11N3O/c9-8(3-1-5-12-8)7-2-4-10-6-11-7/h2,4,6H,1,3,5,9H2. The van der Waals surface area contributed by atoms with Crippen LogP contribution < -0.4 is 5.73 Å². The Balaban J connectivity index is 2.29.